The van der Waals surface area contributed by atoms with Crippen molar-refractivity contribution in [2.45, 2.75) is 19.9 Å². The van der Waals surface area contributed by atoms with Gasteiger partial charge in [-0.2, -0.15) is 0 Å². The molecule has 1 amide bonds. The quantitative estimate of drug-likeness (QED) is 0.754. The van der Waals surface area contributed by atoms with Crippen molar-refractivity contribution in [3.8, 4) is 0 Å². The van der Waals surface area contributed by atoms with E-state index in [-0.39, 0.29) is 5.91 Å². The summed E-state index contributed by atoms with van der Waals surface area (Å²) in [5.41, 5.74) is 6.58. The average Bonchev–Trinajstić information content (AvgIpc) is 2.36. The second-order valence-corrected chi connectivity index (χ2v) is 3.90. The number of likely N-dealkylation sites (N-methyl/N-ethyl adjacent to an activating group) is 1. The highest BCUT2D eigenvalue weighted by atomic mass is 16.2. The lowest BCUT2D eigenvalue weighted by Crippen LogP contribution is -2.36. The molecule has 1 aromatic heterocycles. The van der Waals surface area contributed by atoms with Gasteiger partial charge < -0.3 is 16.0 Å². The Morgan fingerprint density at radius 1 is 1.59 bits per heavy atom. The van der Waals surface area contributed by atoms with Gasteiger partial charge in [-0.3, -0.25) is 4.79 Å². The van der Waals surface area contributed by atoms with Crippen molar-refractivity contribution in [3.05, 3.63) is 23.9 Å². The zero-order valence-electron chi connectivity index (χ0n) is 10.4. The molecule has 1 rings (SSSR count). The number of rotatable bonds is 6. The van der Waals surface area contributed by atoms with Crippen molar-refractivity contribution in [1.82, 2.24) is 10.3 Å². The SMILES string of the molecule is CCCNC(=O)CN(C)c1ncccc1CN. The van der Waals surface area contributed by atoms with Gasteiger partial charge in [0.25, 0.3) is 0 Å². The van der Waals surface area contributed by atoms with Crippen LogP contribution in [0.15, 0.2) is 18.3 Å². The third-order valence-corrected chi connectivity index (χ3v) is 2.40. The number of pyridine rings is 1. The first-order chi connectivity index (χ1) is 8.19. The first kappa shape index (κ1) is 13.4. The van der Waals surface area contributed by atoms with Crippen molar-refractivity contribution in [1.29, 1.82) is 0 Å². The zero-order valence-corrected chi connectivity index (χ0v) is 10.4. The number of anilines is 1. The molecule has 5 nitrogen and oxygen atoms in total. The second-order valence-electron chi connectivity index (χ2n) is 3.90. The summed E-state index contributed by atoms with van der Waals surface area (Å²) in [6.07, 6.45) is 2.64. The Hall–Kier alpha value is -1.62. The molecule has 94 valence electrons. The van der Waals surface area contributed by atoms with Gasteiger partial charge in [0.15, 0.2) is 0 Å². The fourth-order valence-corrected chi connectivity index (χ4v) is 1.54. The maximum Gasteiger partial charge on any atom is 0.239 e. The monoisotopic (exact) mass is 236 g/mol. The van der Waals surface area contributed by atoms with Gasteiger partial charge in [0.2, 0.25) is 5.91 Å². The van der Waals surface area contributed by atoms with Crippen molar-refractivity contribution in [3.63, 3.8) is 0 Å². The first-order valence-corrected chi connectivity index (χ1v) is 5.80. The minimum absolute atomic E-state index is 0.00275. The molecule has 1 heterocycles. The number of aromatic nitrogens is 1. The number of carbonyl (C=O) groups is 1. The minimum Gasteiger partial charge on any atom is -0.355 e. The van der Waals surface area contributed by atoms with Crippen LogP contribution < -0.4 is 16.0 Å². The Bertz CT molecular complexity index is 367. The number of carbonyl (C=O) groups excluding carboxylic acids is 1. The molecule has 3 N–H and O–H groups in total. The maximum atomic E-state index is 11.6. The molecule has 5 heteroatoms. The maximum absolute atomic E-state index is 11.6. The second kappa shape index (κ2) is 6.85. The topological polar surface area (TPSA) is 71.2 Å². The van der Waals surface area contributed by atoms with Crippen LogP contribution in [0.5, 0.6) is 0 Å². The van der Waals surface area contributed by atoms with E-state index in [4.69, 9.17) is 5.73 Å². The van der Waals surface area contributed by atoms with E-state index in [1.807, 2.05) is 31.0 Å². The summed E-state index contributed by atoms with van der Waals surface area (Å²) < 4.78 is 0. The number of amides is 1. The van der Waals surface area contributed by atoms with Crippen LogP contribution >= 0.6 is 0 Å². The molecule has 0 aliphatic heterocycles. The Labute approximate surface area is 102 Å². The predicted molar refractivity (Wildman–Crippen MR) is 68.7 cm³/mol. The van der Waals surface area contributed by atoms with E-state index in [0.717, 1.165) is 17.8 Å². The van der Waals surface area contributed by atoms with Gasteiger partial charge in [-0.15, -0.1) is 0 Å². The summed E-state index contributed by atoms with van der Waals surface area (Å²) in [6, 6.07) is 3.76. The van der Waals surface area contributed by atoms with Crippen LogP contribution in [-0.2, 0) is 11.3 Å². The lowest BCUT2D eigenvalue weighted by atomic mass is 10.2. The molecule has 17 heavy (non-hydrogen) atoms. The van der Waals surface area contributed by atoms with Crippen LogP contribution in [0.4, 0.5) is 5.82 Å². The highest BCUT2D eigenvalue weighted by Gasteiger charge is 2.10. The largest absolute Gasteiger partial charge is 0.355 e. The predicted octanol–water partition coefficient (Wildman–Crippen LogP) is 0.503. The van der Waals surface area contributed by atoms with E-state index < -0.39 is 0 Å². The zero-order chi connectivity index (χ0) is 12.7. The molecular formula is C12H20N4O. The summed E-state index contributed by atoms with van der Waals surface area (Å²) in [6.45, 7) is 3.45. The van der Waals surface area contributed by atoms with Crippen LogP contribution in [0.1, 0.15) is 18.9 Å². The average molecular weight is 236 g/mol. The molecule has 0 unspecified atom stereocenters. The molecule has 0 radical (unpaired) electrons. The van der Waals surface area contributed by atoms with E-state index in [0.29, 0.717) is 19.6 Å². The van der Waals surface area contributed by atoms with Crippen molar-refractivity contribution < 1.29 is 4.79 Å². The smallest absolute Gasteiger partial charge is 0.239 e. The van der Waals surface area contributed by atoms with Gasteiger partial charge in [-0.1, -0.05) is 13.0 Å². The fourth-order valence-electron chi connectivity index (χ4n) is 1.54. The standard InChI is InChI=1S/C12H20N4O/c1-3-6-14-11(17)9-16(2)12-10(8-13)5-4-7-15-12/h4-5,7H,3,6,8-9,13H2,1-2H3,(H,14,17). The molecule has 0 fully saturated rings. The van der Waals surface area contributed by atoms with Crippen LogP contribution in [0, 0.1) is 0 Å². The molecule has 0 aromatic carbocycles. The number of nitrogens with two attached hydrogens (primary N) is 1. The fraction of sp³-hybridized carbons (Fsp3) is 0.500. The molecule has 1 aromatic rings. The lowest BCUT2D eigenvalue weighted by molar-refractivity contribution is -0.119. The normalized spacial score (nSPS) is 10.1. The highest BCUT2D eigenvalue weighted by molar-refractivity contribution is 5.81. The van der Waals surface area contributed by atoms with E-state index in [1.54, 1.807) is 6.20 Å². The van der Waals surface area contributed by atoms with E-state index in [1.165, 1.54) is 0 Å². The molecule has 0 bridgehead atoms. The van der Waals surface area contributed by atoms with Gasteiger partial charge in [-0.25, -0.2) is 4.98 Å². The van der Waals surface area contributed by atoms with Crippen molar-refractivity contribution >= 4 is 11.7 Å². The van der Waals surface area contributed by atoms with Crippen LogP contribution in [0.25, 0.3) is 0 Å². The summed E-state index contributed by atoms with van der Waals surface area (Å²) in [4.78, 5) is 17.6. The number of nitrogens with zero attached hydrogens (tertiary/aromatic N) is 2. The molecule has 0 saturated heterocycles. The van der Waals surface area contributed by atoms with Crippen molar-refractivity contribution in [2.75, 3.05) is 25.0 Å². The molecule has 0 spiro atoms. The van der Waals surface area contributed by atoms with Crippen LogP contribution in [-0.4, -0.2) is 31.0 Å². The third kappa shape index (κ3) is 4.03. The van der Waals surface area contributed by atoms with E-state index >= 15 is 0 Å². The van der Waals surface area contributed by atoms with Gasteiger partial charge in [0.1, 0.15) is 5.82 Å². The Morgan fingerprint density at radius 2 is 2.35 bits per heavy atom. The Kier molecular flexibility index (Phi) is 5.42. The van der Waals surface area contributed by atoms with Gasteiger partial charge in [0.05, 0.1) is 6.54 Å². The highest BCUT2D eigenvalue weighted by Crippen LogP contribution is 2.14. The minimum atomic E-state index is 0.00275. The van der Waals surface area contributed by atoms with Crippen LogP contribution in [0.3, 0.4) is 0 Å². The Balaban J connectivity index is 2.62. The third-order valence-electron chi connectivity index (χ3n) is 2.40. The number of hydrogen-bond donors (Lipinski definition) is 2. The molecule has 0 aliphatic carbocycles. The lowest BCUT2D eigenvalue weighted by Gasteiger charge is -2.20. The van der Waals surface area contributed by atoms with Gasteiger partial charge in [-0.05, 0) is 12.5 Å². The summed E-state index contributed by atoms with van der Waals surface area (Å²) in [5.74, 6) is 0.768. The summed E-state index contributed by atoms with van der Waals surface area (Å²) in [5, 5.41) is 2.83. The summed E-state index contributed by atoms with van der Waals surface area (Å²) in [7, 11) is 1.84. The first-order valence-electron chi connectivity index (χ1n) is 5.80. The number of hydrogen-bond acceptors (Lipinski definition) is 4. The molecular weight excluding hydrogens is 216 g/mol. The van der Waals surface area contributed by atoms with Gasteiger partial charge in [0, 0.05) is 31.9 Å². The van der Waals surface area contributed by atoms with Crippen LogP contribution in [0.2, 0.25) is 0 Å². The van der Waals surface area contributed by atoms with Crippen molar-refractivity contribution in [2.24, 2.45) is 5.73 Å². The molecule has 0 saturated carbocycles. The van der Waals surface area contributed by atoms with E-state index in [9.17, 15) is 4.79 Å². The molecule has 0 atom stereocenters. The summed E-state index contributed by atoms with van der Waals surface area (Å²) >= 11 is 0. The number of nitrogens with one attached hydrogen (secondary N) is 1. The van der Waals surface area contributed by atoms with Gasteiger partial charge >= 0.3 is 0 Å². The van der Waals surface area contributed by atoms with E-state index in [2.05, 4.69) is 10.3 Å². The molecule has 0 aliphatic rings. The Morgan fingerprint density at radius 3 is 3.00 bits per heavy atom.